The molecule has 0 spiro atoms. The van der Waals surface area contributed by atoms with E-state index in [-0.39, 0.29) is 5.41 Å². The van der Waals surface area contributed by atoms with Crippen molar-refractivity contribution in [3.8, 4) is 16.9 Å². The second-order valence-electron chi connectivity index (χ2n) is 6.19. The molecule has 1 heterocycles. The lowest BCUT2D eigenvalue weighted by Crippen LogP contribution is -2.14. The number of rotatable bonds is 2. The molecule has 20 heavy (non-hydrogen) atoms. The fraction of sp³-hybridized carbons (Fsp3) is 0.438. The lowest BCUT2D eigenvalue weighted by Gasteiger charge is -2.19. The standard InChI is InChI=1S/C16H23N3O/c1-10-7-8-12(20-6)11(9-10)13-14(16(2,3)4)18-19(5)15(13)17/h7-9H,17H2,1-6H3. The maximum absolute atomic E-state index is 6.25. The zero-order chi connectivity index (χ0) is 15.1. The lowest BCUT2D eigenvalue weighted by molar-refractivity contribution is 0.416. The molecule has 0 aliphatic rings. The van der Waals surface area contributed by atoms with Crippen molar-refractivity contribution in [2.24, 2.45) is 7.05 Å². The maximum Gasteiger partial charge on any atom is 0.129 e. The van der Waals surface area contributed by atoms with Crippen LogP contribution < -0.4 is 10.5 Å². The van der Waals surface area contributed by atoms with Gasteiger partial charge in [-0.15, -0.1) is 0 Å². The fourth-order valence-corrected chi connectivity index (χ4v) is 2.34. The summed E-state index contributed by atoms with van der Waals surface area (Å²) in [6.45, 7) is 8.48. The first kappa shape index (κ1) is 14.4. The molecule has 0 radical (unpaired) electrons. The molecule has 0 saturated carbocycles. The van der Waals surface area contributed by atoms with Gasteiger partial charge in [0.25, 0.3) is 0 Å². The Kier molecular flexibility index (Phi) is 3.50. The Hall–Kier alpha value is -1.97. The normalized spacial score (nSPS) is 11.7. The van der Waals surface area contributed by atoms with E-state index in [2.05, 4.69) is 38.9 Å². The van der Waals surface area contributed by atoms with E-state index < -0.39 is 0 Å². The molecule has 1 aromatic heterocycles. The summed E-state index contributed by atoms with van der Waals surface area (Å²) in [6, 6.07) is 6.11. The molecule has 0 unspecified atom stereocenters. The van der Waals surface area contributed by atoms with Crippen LogP contribution in [0.15, 0.2) is 18.2 Å². The molecule has 108 valence electrons. The number of benzene rings is 1. The highest BCUT2D eigenvalue weighted by Gasteiger charge is 2.27. The summed E-state index contributed by atoms with van der Waals surface area (Å²) in [5.74, 6) is 1.49. The van der Waals surface area contributed by atoms with Crippen molar-refractivity contribution < 1.29 is 4.74 Å². The van der Waals surface area contributed by atoms with Crippen molar-refractivity contribution >= 4 is 5.82 Å². The van der Waals surface area contributed by atoms with Crippen molar-refractivity contribution in [1.29, 1.82) is 0 Å². The van der Waals surface area contributed by atoms with Gasteiger partial charge < -0.3 is 10.5 Å². The van der Waals surface area contributed by atoms with E-state index in [1.165, 1.54) is 5.56 Å². The van der Waals surface area contributed by atoms with E-state index in [0.29, 0.717) is 5.82 Å². The molecule has 2 aromatic rings. The minimum Gasteiger partial charge on any atom is -0.496 e. The molecule has 0 bridgehead atoms. The molecule has 0 aliphatic carbocycles. The van der Waals surface area contributed by atoms with Crippen molar-refractivity contribution in [2.75, 3.05) is 12.8 Å². The monoisotopic (exact) mass is 273 g/mol. The number of aryl methyl sites for hydroxylation is 2. The quantitative estimate of drug-likeness (QED) is 0.913. The third kappa shape index (κ3) is 2.38. The topological polar surface area (TPSA) is 53.1 Å². The number of nitrogens with two attached hydrogens (primary N) is 1. The molecule has 0 saturated heterocycles. The molecule has 2 rings (SSSR count). The van der Waals surface area contributed by atoms with E-state index in [1.54, 1.807) is 11.8 Å². The van der Waals surface area contributed by atoms with Gasteiger partial charge in [0.1, 0.15) is 11.6 Å². The second kappa shape index (κ2) is 4.85. The first-order chi connectivity index (χ1) is 9.25. The van der Waals surface area contributed by atoms with E-state index in [4.69, 9.17) is 10.5 Å². The predicted molar refractivity (Wildman–Crippen MR) is 83.0 cm³/mol. The van der Waals surface area contributed by atoms with Crippen LogP contribution in [0.4, 0.5) is 5.82 Å². The highest BCUT2D eigenvalue weighted by atomic mass is 16.5. The molecule has 2 N–H and O–H groups in total. The van der Waals surface area contributed by atoms with Crippen molar-refractivity contribution in [1.82, 2.24) is 9.78 Å². The minimum atomic E-state index is -0.0839. The molecular weight excluding hydrogens is 250 g/mol. The number of hydrogen-bond donors (Lipinski definition) is 1. The van der Waals surface area contributed by atoms with Crippen LogP contribution >= 0.6 is 0 Å². The summed E-state index contributed by atoms with van der Waals surface area (Å²) in [5.41, 5.74) is 10.3. The molecule has 0 amide bonds. The second-order valence-corrected chi connectivity index (χ2v) is 6.19. The molecule has 0 aliphatic heterocycles. The van der Waals surface area contributed by atoms with Gasteiger partial charge in [-0.3, -0.25) is 4.68 Å². The molecule has 0 fully saturated rings. The highest BCUT2D eigenvalue weighted by molar-refractivity contribution is 5.82. The number of nitrogens with zero attached hydrogens (tertiary/aromatic N) is 2. The van der Waals surface area contributed by atoms with Gasteiger partial charge in [-0.1, -0.05) is 32.4 Å². The number of aromatic nitrogens is 2. The smallest absolute Gasteiger partial charge is 0.129 e. The first-order valence-electron chi connectivity index (χ1n) is 6.73. The van der Waals surface area contributed by atoms with Crippen LogP contribution in [0, 0.1) is 6.92 Å². The zero-order valence-electron chi connectivity index (χ0n) is 13.1. The van der Waals surface area contributed by atoms with Gasteiger partial charge in [-0.05, 0) is 19.1 Å². The summed E-state index contributed by atoms with van der Waals surface area (Å²) in [5, 5.41) is 4.60. The Morgan fingerprint density at radius 1 is 1.25 bits per heavy atom. The largest absolute Gasteiger partial charge is 0.496 e. The highest BCUT2D eigenvalue weighted by Crippen LogP contribution is 2.40. The van der Waals surface area contributed by atoms with Gasteiger partial charge in [0.05, 0.1) is 18.4 Å². The third-order valence-electron chi connectivity index (χ3n) is 3.43. The number of anilines is 1. The van der Waals surface area contributed by atoms with Gasteiger partial charge in [0, 0.05) is 18.0 Å². The number of nitrogen functional groups attached to an aromatic ring is 1. The predicted octanol–water partition coefficient (Wildman–Crippen LogP) is 3.28. The summed E-state index contributed by atoms with van der Waals surface area (Å²) in [4.78, 5) is 0. The van der Waals surface area contributed by atoms with E-state index in [9.17, 15) is 0 Å². The van der Waals surface area contributed by atoms with E-state index in [0.717, 1.165) is 22.6 Å². The van der Waals surface area contributed by atoms with Crippen LogP contribution in [0.2, 0.25) is 0 Å². The Balaban J connectivity index is 2.79. The maximum atomic E-state index is 6.25. The molecule has 4 heteroatoms. The van der Waals surface area contributed by atoms with Crippen LogP contribution in [-0.2, 0) is 12.5 Å². The molecule has 0 atom stereocenters. The van der Waals surface area contributed by atoms with Gasteiger partial charge in [0.15, 0.2) is 0 Å². The van der Waals surface area contributed by atoms with Crippen LogP contribution in [0.1, 0.15) is 32.0 Å². The van der Waals surface area contributed by atoms with Crippen molar-refractivity contribution in [3.63, 3.8) is 0 Å². The van der Waals surface area contributed by atoms with Crippen LogP contribution in [0.25, 0.3) is 11.1 Å². The summed E-state index contributed by atoms with van der Waals surface area (Å²) in [6.07, 6.45) is 0. The van der Waals surface area contributed by atoms with Gasteiger partial charge in [0.2, 0.25) is 0 Å². The van der Waals surface area contributed by atoms with Gasteiger partial charge >= 0.3 is 0 Å². The van der Waals surface area contributed by atoms with Crippen LogP contribution in [0.5, 0.6) is 5.75 Å². The van der Waals surface area contributed by atoms with Crippen LogP contribution in [0.3, 0.4) is 0 Å². The average Bonchev–Trinajstić information content (AvgIpc) is 2.66. The lowest BCUT2D eigenvalue weighted by atomic mass is 9.86. The van der Waals surface area contributed by atoms with Crippen LogP contribution in [-0.4, -0.2) is 16.9 Å². The average molecular weight is 273 g/mol. The van der Waals surface area contributed by atoms with Gasteiger partial charge in [-0.2, -0.15) is 5.10 Å². The van der Waals surface area contributed by atoms with Crippen molar-refractivity contribution in [3.05, 3.63) is 29.5 Å². The summed E-state index contributed by atoms with van der Waals surface area (Å²) < 4.78 is 7.23. The van der Waals surface area contributed by atoms with E-state index in [1.807, 2.05) is 19.2 Å². The Labute approximate surface area is 120 Å². The SMILES string of the molecule is COc1ccc(C)cc1-c1c(C(C)(C)C)nn(C)c1N. The van der Waals surface area contributed by atoms with Gasteiger partial charge in [-0.25, -0.2) is 0 Å². The zero-order valence-corrected chi connectivity index (χ0v) is 13.1. The Morgan fingerprint density at radius 3 is 2.45 bits per heavy atom. The number of methoxy groups -OCH3 is 1. The Bertz CT molecular complexity index is 636. The number of ether oxygens (including phenoxy) is 1. The summed E-state index contributed by atoms with van der Waals surface area (Å²) in [7, 11) is 3.55. The summed E-state index contributed by atoms with van der Waals surface area (Å²) >= 11 is 0. The first-order valence-corrected chi connectivity index (χ1v) is 6.73. The molecular formula is C16H23N3O. The minimum absolute atomic E-state index is 0.0839. The van der Waals surface area contributed by atoms with E-state index >= 15 is 0 Å². The fourth-order valence-electron chi connectivity index (χ4n) is 2.34. The Morgan fingerprint density at radius 2 is 1.90 bits per heavy atom. The number of hydrogen-bond acceptors (Lipinski definition) is 3. The molecule has 4 nitrogen and oxygen atoms in total. The van der Waals surface area contributed by atoms with Crippen molar-refractivity contribution in [2.45, 2.75) is 33.1 Å². The third-order valence-corrected chi connectivity index (χ3v) is 3.43. The molecule has 1 aromatic carbocycles.